The maximum atomic E-state index is 13.2. The van der Waals surface area contributed by atoms with Gasteiger partial charge in [0.25, 0.3) is 0 Å². The lowest BCUT2D eigenvalue weighted by Crippen LogP contribution is -2.42. The van der Waals surface area contributed by atoms with Crippen LogP contribution < -0.4 is 0 Å². The Balaban J connectivity index is 1.62. The van der Waals surface area contributed by atoms with Crippen LogP contribution in [0.2, 0.25) is 0 Å². The lowest BCUT2D eigenvalue weighted by Gasteiger charge is -2.38. The van der Waals surface area contributed by atoms with E-state index in [4.69, 9.17) is 9.47 Å². The fraction of sp³-hybridized carbons (Fsp3) is 0.923. The van der Waals surface area contributed by atoms with Crippen LogP contribution in [0.5, 0.6) is 0 Å². The maximum Gasteiger partial charge on any atom is 0.309 e. The molecule has 3 aliphatic rings. The predicted octanol–water partition coefficient (Wildman–Crippen LogP) is 6.31. The highest BCUT2D eigenvalue weighted by atomic mass is 16.6. The zero-order valence-electron chi connectivity index (χ0n) is 20.2. The van der Waals surface area contributed by atoms with Gasteiger partial charge >= 0.3 is 11.9 Å². The molecule has 0 aromatic heterocycles. The molecule has 3 fully saturated rings. The smallest absolute Gasteiger partial charge is 0.309 e. The van der Waals surface area contributed by atoms with Gasteiger partial charge in [0.05, 0.1) is 11.8 Å². The molecular weight excluding hydrogens is 376 g/mol. The van der Waals surface area contributed by atoms with E-state index in [0.717, 1.165) is 57.8 Å². The average Bonchev–Trinajstić information content (AvgIpc) is 3.26. The predicted molar refractivity (Wildman–Crippen MR) is 119 cm³/mol. The molecule has 0 amide bonds. The quantitative estimate of drug-likeness (QED) is 0.453. The summed E-state index contributed by atoms with van der Waals surface area (Å²) in [6, 6.07) is 0. The minimum Gasteiger partial charge on any atom is -0.462 e. The van der Waals surface area contributed by atoms with Gasteiger partial charge < -0.3 is 9.47 Å². The van der Waals surface area contributed by atoms with Crippen LogP contribution in [0, 0.1) is 35.0 Å². The average molecular weight is 421 g/mol. The first kappa shape index (κ1) is 23.6. The number of hydrogen-bond donors (Lipinski definition) is 0. The van der Waals surface area contributed by atoms with E-state index in [1.165, 1.54) is 6.42 Å². The van der Waals surface area contributed by atoms with Gasteiger partial charge in [-0.05, 0) is 75.0 Å². The molecular formula is C26H44O4. The molecule has 2 bridgehead atoms. The van der Waals surface area contributed by atoms with E-state index in [1.54, 1.807) is 0 Å². The number of rotatable bonds is 7. The summed E-state index contributed by atoms with van der Waals surface area (Å²) < 4.78 is 12.3. The second-order valence-corrected chi connectivity index (χ2v) is 12.0. The van der Waals surface area contributed by atoms with Gasteiger partial charge in [0.15, 0.2) is 0 Å². The Morgan fingerprint density at radius 3 is 2.23 bits per heavy atom. The number of ether oxygens (including phenoxy) is 2. The first-order valence-corrected chi connectivity index (χ1v) is 12.5. The molecule has 3 rings (SSSR count). The van der Waals surface area contributed by atoms with Crippen molar-refractivity contribution in [1.82, 2.24) is 0 Å². The van der Waals surface area contributed by atoms with E-state index in [2.05, 4.69) is 41.5 Å². The van der Waals surface area contributed by atoms with Crippen LogP contribution in [0.3, 0.4) is 0 Å². The molecule has 3 saturated carbocycles. The Labute approximate surface area is 183 Å². The van der Waals surface area contributed by atoms with Crippen LogP contribution >= 0.6 is 0 Å². The third-order valence-electron chi connectivity index (χ3n) is 7.99. The largest absolute Gasteiger partial charge is 0.462 e. The zero-order chi connectivity index (χ0) is 22.1. The van der Waals surface area contributed by atoms with Crippen molar-refractivity contribution in [3.63, 3.8) is 0 Å². The van der Waals surface area contributed by atoms with Crippen molar-refractivity contribution in [1.29, 1.82) is 0 Å². The van der Waals surface area contributed by atoms with E-state index >= 15 is 0 Å². The molecule has 0 heterocycles. The molecule has 5 unspecified atom stereocenters. The number of carbonyl (C=O) groups is 2. The minimum atomic E-state index is -0.251. The molecule has 172 valence electrons. The highest BCUT2D eigenvalue weighted by molar-refractivity contribution is 5.75. The van der Waals surface area contributed by atoms with Crippen molar-refractivity contribution in [2.75, 3.05) is 0 Å². The van der Waals surface area contributed by atoms with E-state index in [9.17, 15) is 9.59 Å². The van der Waals surface area contributed by atoms with E-state index in [-0.39, 0.29) is 52.7 Å². The summed E-state index contributed by atoms with van der Waals surface area (Å²) in [4.78, 5) is 26.2. The van der Waals surface area contributed by atoms with Crippen molar-refractivity contribution in [2.24, 2.45) is 35.0 Å². The van der Waals surface area contributed by atoms with E-state index in [1.807, 2.05) is 0 Å². The fourth-order valence-electron chi connectivity index (χ4n) is 6.19. The molecule has 4 heteroatoms. The SMILES string of the molecule is CCC1(OC(=O)C2CC3CC(OC(=O)C(CC(C)(C)C)C(C)C)C2C3)CCCCC1. The molecule has 0 radical (unpaired) electrons. The topological polar surface area (TPSA) is 52.6 Å². The van der Waals surface area contributed by atoms with Crippen molar-refractivity contribution in [3.8, 4) is 0 Å². The Morgan fingerprint density at radius 1 is 1.03 bits per heavy atom. The number of fused-ring (bicyclic) bond motifs is 2. The van der Waals surface area contributed by atoms with Gasteiger partial charge in [0.1, 0.15) is 11.7 Å². The summed E-state index contributed by atoms with van der Waals surface area (Å²) in [5, 5.41) is 0. The number of carbonyl (C=O) groups excluding carboxylic acids is 2. The van der Waals surface area contributed by atoms with Crippen LogP contribution in [-0.4, -0.2) is 23.6 Å². The summed E-state index contributed by atoms with van der Waals surface area (Å²) in [5.74, 6) is 0.628. The highest BCUT2D eigenvalue weighted by Crippen LogP contribution is 2.51. The van der Waals surface area contributed by atoms with Crippen molar-refractivity contribution >= 4 is 11.9 Å². The van der Waals surface area contributed by atoms with E-state index in [0.29, 0.717) is 5.92 Å². The first-order valence-electron chi connectivity index (χ1n) is 12.5. The van der Waals surface area contributed by atoms with Gasteiger partial charge in [-0.2, -0.15) is 0 Å². The lowest BCUT2D eigenvalue weighted by atomic mass is 9.79. The minimum absolute atomic E-state index is 0.0258. The molecule has 5 atom stereocenters. The molecule has 0 aromatic rings. The molecule has 0 spiro atoms. The summed E-state index contributed by atoms with van der Waals surface area (Å²) in [6.07, 6.45) is 10.0. The van der Waals surface area contributed by atoms with Crippen LogP contribution in [-0.2, 0) is 19.1 Å². The van der Waals surface area contributed by atoms with Gasteiger partial charge in [-0.15, -0.1) is 0 Å². The molecule has 0 aromatic carbocycles. The Hall–Kier alpha value is -1.06. The monoisotopic (exact) mass is 420 g/mol. The lowest BCUT2D eigenvalue weighted by molar-refractivity contribution is -0.176. The van der Waals surface area contributed by atoms with Crippen molar-refractivity contribution in [2.45, 2.75) is 117 Å². The van der Waals surface area contributed by atoms with Crippen molar-refractivity contribution in [3.05, 3.63) is 0 Å². The second kappa shape index (κ2) is 9.20. The summed E-state index contributed by atoms with van der Waals surface area (Å²) >= 11 is 0. The summed E-state index contributed by atoms with van der Waals surface area (Å²) in [6.45, 7) is 12.9. The molecule has 3 aliphatic carbocycles. The fourth-order valence-corrected chi connectivity index (χ4v) is 6.19. The van der Waals surface area contributed by atoms with Crippen LogP contribution in [0.25, 0.3) is 0 Å². The second-order valence-electron chi connectivity index (χ2n) is 12.0. The van der Waals surface area contributed by atoms with Gasteiger partial charge in [0.2, 0.25) is 0 Å². The van der Waals surface area contributed by atoms with Crippen LogP contribution in [0.1, 0.15) is 106 Å². The maximum absolute atomic E-state index is 13.2. The van der Waals surface area contributed by atoms with Gasteiger partial charge in [-0.25, -0.2) is 0 Å². The number of esters is 2. The Morgan fingerprint density at radius 2 is 1.70 bits per heavy atom. The zero-order valence-corrected chi connectivity index (χ0v) is 20.2. The normalized spacial score (nSPS) is 31.6. The van der Waals surface area contributed by atoms with Crippen molar-refractivity contribution < 1.29 is 19.1 Å². The highest BCUT2D eigenvalue weighted by Gasteiger charge is 2.53. The summed E-state index contributed by atoms with van der Waals surface area (Å²) in [7, 11) is 0. The molecule has 30 heavy (non-hydrogen) atoms. The van der Waals surface area contributed by atoms with Gasteiger partial charge in [0, 0.05) is 5.92 Å². The van der Waals surface area contributed by atoms with Crippen LogP contribution in [0.15, 0.2) is 0 Å². The molecule has 0 N–H and O–H groups in total. The molecule has 0 aliphatic heterocycles. The van der Waals surface area contributed by atoms with Gasteiger partial charge in [-0.1, -0.05) is 48.0 Å². The third kappa shape index (κ3) is 5.40. The Bertz CT molecular complexity index is 611. The third-order valence-corrected chi connectivity index (χ3v) is 7.99. The summed E-state index contributed by atoms with van der Waals surface area (Å²) in [5.41, 5.74) is -0.164. The number of hydrogen-bond acceptors (Lipinski definition) is 4. The first-order chi connectivity index (χ1) is 14.0. The van der Waals surface area contributed by atoms with Gasteiger partial charge in [-0.3, -0.25) is 9.59 Å². The Kier molecular flexibility index (Phi) is 7.24. The molecule has 0 saturated heterocycles. The van der Waals surface area contributed by atoms with Crippen LogP contribution in [0.4, 0.5) is 0 Å². The van der Waals surface area contributed by atoms with E-state index < -0.39 is 0 Å². The standard InChI is InChI=1S/C26H44O4/c1-7-26(11-9-8-10-12-26)30-24(28)20-14-18-13-19(20)22(15-18)29-23(27)21(17(2)3)16-25(4,5)6/h17-22H,7-16H2,1-6H3. The molecule has 4 nitrogen and oxygen atoms in total.